The quantitative estimate of drug-likeness (QED) is 0.904. The van der Waals surface area contributed by atoms with Gasteiger partial charge in [0, 0.05) is 18.1 Å². The van der Waals surface area contributed by atoms with Crippen LogP contribution in [0.4, 0.5) is 4.39 Å². The van der Waals surface area contributed by atoms with E-state index in [-0.39, 0.29) is 11.9 Å². The lowest BCUT2D eigenvalue weighted by atomic mass is 10.0. The van der Waals surface area contributed by atoms with E-state index in [4.69, 9.17) is 0 Å². The molecule has 1 aromatic heterocycles. The SMILES string of the molecule is CC(NC1CCN(C2CC2)CC1)c1ccc(F)cn1. The zero-order valence-corrected chi connectivity index (χ0v) is 11.5. The van der Waals surface area contributed by atoms with Crippen LogP contribution in [0.1, 0.15) is 44.3 Å². The van der Waals surface area contributed by atoms with E-state index in [9.17, 15) is 4.39 Å². The largest absolute Gasteiger partial charge is 0.306 e. The zero-order chi connectivity index (χ0) is 13.2. The topological polar surface area (TPSA) is 28.2 Å². The van der Waals surface area contributed by atoms with Crippen LogP contribution < -0.4 is 5.32 Å². The lowest BCUT2D eigenvalue weighted by Crippen LogP contribution is -2.44. The molecule has 1 atom stereocenters. The third-order valence-corrected chi connectivity index (χ3v) is 4.27. The Hall–Kier alpha value is -1.00. The van der Waals surface area contributed by atoms with Crippen molar-refractivity contribution in [1.82, 2.24) is 15.2 Å². The smallest absolute Gasteiger partial charge is 0.141 e. The maximum Gasteiger partial charge on any atom is 0.141 e. The fourth-order valence-electron chi connectivity index (χ4n) is 2.95. The molecule has 0 bridgehead atoms. The zero-order valence-electron chi connectivity index (χ0n) is 11.5. The fourth-order valence-corrected chi connectivity index (χ4v) is 2.95. The lowest BCUT2D eigenvalue weighted by molar-refractivity contribution is 0.184. The molecule has 2 fully saturated rings. The van der Waals surface area contributed by atoms with Crippen molar-refractivity contribution in [3.8, 4) is 0 Å². The highest BCUT2D eigenvalue weighted by atomic mass is 19.1. The van der Waals surface area contributed by atoms with Gasteiger partial charge in [0.1, 0.15) is 5.82 Å². The summed E-state index contributed by atoms with van der Waals surface area (Å²) in [5.74, 6) is -0.270. The maximum absolute atomic E-state index is 12.8. The number of nitrogens with one attached hydrogen (secondary N) is 1. The minimum Gasteiger partial charge on any atom is -0.306 e. The lowest BCUT2D eigenvalue weighted by Gasteiger charge is -2.33. The molecule has 3 nitrogen and oxygen atoms in total. The van der Waals surface area contributed by atoms with Gasteiger partial charge < -0.3 is 10.2 Å². The first kappa shape index (κ1) is 13.0. The molecule has 0 amide bonds. The maximum atomic E-state index is 12.8. The predicted octanol–water partition coefficient (Wildman–Crippen LogP) is 2.50. The van der Waals surface area contributed by atoms with E-state index in [0.29, 0.717) is 6.04 Å². The summed E-state index contributed by atoms with van der Waals surface area (Å²) < 4.78 is 12.8. The molecule has 4 heteroatoms. The Balaban J connectivity index is 1.49. The van der Waals surface area contributed by atoms with Crippen LogP contribution >= 0.6 is 0 Å². The van der Waals surface area contributed by atoms with Gasteiger partial charge in [0.2, 0.25) is 0 Å². The van der Waals surface area contributed by atoms with Gasteiger partial charge in [-0.25, -0.2) is 4.39 Å². The second-order valence-corrected chi connectivity index (χ2v) is 5.83. The minimum absolute atomic E-state index is 0.193. The molecule has 0 aromatic carbocycles. The van der Waals surface area contributed by atoms with Crippen LogP contribution in [0.15, 0.2) is 18.3 Å². The summed E-state index contributed by atoms with van der Waals surface area (Å²) in [4.78, 5) is 6.77. The molecular weight excluding hydrogens is 241 g/mol. The molecule has 1 unspecified atom stereocenters. The molecule has 1 aromatic rings. The van der Waals surface area contributed by atoms with E-state index in [0.717, 1.165) is 11.7 Å². The van der Waals surface area contributed by atoms with Gasteiger partial charge in [-0.1, -0.05) is 0 Å². The van der Waals surface area contributed by atoms with Crippen LogP contribution in [-0.2, 0) is 0 Å². The summed E-state index contributed by atoms with van der Waals surface area (Å²) >= 11 is 0. The number of piperidine rings is 1. The standard InChI is InChI=1S/C15H22FN3/c1-11(15-5-2-12(16)10-17-15)18-13-6-8-19(9-7-13)14-3-4-14/h2,5,10-11,13-14,18H,3-4,6-9H2,1H3. The van der Waals surface area contributed by atoms with Gasteiger partial charge in [0.05, 0.1) is 11.9 Å². The van der Waals surface area contributed by atoms with E-state index < -0.39 is 0 Å². The van der Waals surface area contributed by atoms with Crippen molar-refractivity contribution in [2.45, 2.75) is 50.7 Å². The van der Waals surface area contributed by atoms with Gasteiger partial charge >= 0.3 is 0 Å². The van der Waals surface area contributed by atoms with Crippen LogP contribution in [0.3, 0.4) is 0 Å². The summed E-state index contributed by atoms with van der Waals surface area (Å²) in [5.41, 5.74) is 0.922. The molecular formula is C15H22FN3. The number of rotatable bonds is 4. The van der Waals surface area contributed by atoms with Gasteiger partial charge in [0.25, 0.3) is 0 Å². The second-order valence-electron chi connectivity index (χ2n) is 5.83. The van der Waals surface area contributed by atoms with Crippen molar-refractivity contribution in [2.75, 3.05) is 13.1 Å². The van der Waals surface area contributed by atoms with Crippen molar-refractivity contribution in [3.05, 3.63) is 29.8 Å². The van der Waals surface area contributed by atoms with Crippen LogP contribution in [-0.4, -0.2) is 35.1 Å². The Labute approximate surface area is 114 Å². The van der Waals surface area contributed by atoms with Crippen molar-refractivity contribution in [1.29, 1.82) is 0 Å². The van der Waals surface area contributed by atoms with Gasteiger partial charge in [-0.2, -0.15) is 0 Å². The highest BCUT2D eigenvalue weighted by Gasteiger charge is 2.32. The van der Waals surface area contributed by atoms with Crippen molar-refractivity contribution >= 4 is 0 Å². The average Bonchev–Trinajstić information content (AvgIpc) is 3.25. The second kappa shape index (κ2) is 5.55. The summed E-state index contributed by atoms with van der Waals surface area (Å²) in [5, 5.41) is 3.62. The van der Waals surface area contributed by atoms with Crippen LogP contribution in [0, 0.1) is 5.82 Å². The summed E-state index contributed by atoms with van der Waals surface area (Å²) in [6.07, 6.45) is 6.51. The number of hydrogen-bond acceptors (Lipinski definition) is 3. The molecule has 19 heavy (non-hydrogen) atoms. The Bertz CT molecular complexity index is 408. The average molecular weight is 263 g/mol. The van der Waals surface area contributed by atoms with Gasteiger partial charge in [-0.3, -0.25) is 4.98 Å². The molecule has 1 aliphatic carbocycles. The highest BCUT2D eigenvalue weighted by molar-refractivity contribution is 5.09. The first-order valence-electron chi connectivity index (χ1n) is 7.34. The Morgan fingerprint density at radius 2 is 2.00 bits per heavy atom. The summed E-state index contributed by atoms with van der Waals surface area (Å²) in [6.45, 7) is 4.53. The Morgan fingerprint density at radius 3 is 2.58 bits per heavy atom. The van der Waals surface area contributed by atoms with E-state index >= 15 is 0 Å². The third-order valence-electron chi connectivity index (χ3n) is 4.27. The number of halogens is 1. The van der Waals surface area contributed by atoms with Crippen molar-refractivity contribution < 1.29 is 4.39 Å². The van der Waals surface area contributed by atoms with Crippen LogP contribution in [0.25, 0.3) is 0 Å². The van der Waals surface area contributed by atoms with E-state index in [1.807, 2.05) is 0 Å². The number of aromatic nitrogens is 1. The molecule has 1 saturated heterocycles. The summed E-state index contributed by atoms with van der Waals surface area (Å²) in [7, 11) is 0. The Kier molecular flexibility index (Phi) is 3.80. The van der Waals surface area contributed by atoms with Crippen LogP contribution in [0.5, 0.6) is 0 Å². The predicted molar refractivity (Wildman–Crippen MR) is 73.4 cm³/mol. The molecule has 2 heterocycles. The molecule has 1 aliphatic heterocycles. The van der Waals surface area contributed by atoms with E-state index in [2.05, 4.69) is 22.1 Å². The molecule has 104 valence electrons. The molecule has 0 radical (unpaired) electrons. The first-order chi connectivity index (χ1) is 9.22. The summed E-state index contributed by atoms with van der Waals surface area (Å²) in [6, 6.07) is 4.90. The van der Waals surface area contributed by atoms with Crippen molar-refractivity contribution in [3.63, 3.8) is 0 Å². The first-order valence-corrected chi connectivity index (χ1v) is 7.34. The molecule has 2 aliphatic rings. The number of hydrogen-bond donors (Lipinski definition) is 1. The molecule has 1 saturated carbocycles. The molecule has 0 spiro atoms. The van der Waals surface area contributed by atoms with Gasteiger partial charge in [-0.05, 0) is 57.8 Å². The number of pyridine rings is 1. The minimum atomic E-state index is -0.270. The van der Waals surface area contributed by atoms with Crippen LogP contribution in [0.2, 0.25) is 0 Å². The highest BCUT2D eigenvalue weighted by Crippen LogP contribution is 2.29. The third kappa shape index (κ3) is 3.31. The molecule has 1 N–H and O–H groups in total. The van der Waals surface area contributed by atoms with Gasteiger partial charge in [-0.15, -0.1) is 0 Å². The number of nitrogens with zero attached hydrogens (tertiary/aromatic N) is 2. The van der Waals surface area contributed by atoms with Crippen molar-refractivity contribution in [2.24, 2.45) is 0 Å². The van der Waals surface area contributed by atoms with E-state index in [1.165, 1.54) is 51.0 Å². The number of likely N-dealkylation sites (tertiary alicyclic amines) is 1. The normalized spacial score (nSPS) is 23.5. The molecule has 3 rings (SSSR count). The fraction of sp³-hybridized carbons (Fsp3) is 0.667. The van der Waals surface area contributed by atoms with Gasteiger partial charge in [0.15, 0.2) is 0 Å². The monoisotopic (exact) mass is 263 g/mol. The Morgan fingerprint density at radius 1 is 1.26 bits per heavy atom. The van der Waals surface area contributed by atoms with E-state index in [1.54, 1.807) is 6.07 Å².